The molecule has 5 heteroatoms. The maximum Gasteiger partial charge on any atom is 0.180 e. The molecule has 2 heterocycles. The number of benzene rings is 1. The molecule has 2 aromatic rings. The maximum atomic E-state index is 4.64. The third-order valence-electron chi connectivity index (χ3n) is 4.91. The van der Waals surface area contributed by atoms with Gasteiger partial charge >= 0.3 is 0 Å². The number of aromatic nitrogens is 1. The molecule has 1 aliphatic heterocycles. The van der Waals surface area contributed by atoms with Crippen LogP contribution < -0.4 is 10.9 Å². The first-order valence-corrected chi connectivity index (χ1v) is 9.64. The standard InChI is InChI=1S/C20H24N4S/c1-12-5-8-17(9-13(12)2)24-14(3)10-18(15(24)4)19-11-25-20(23-22-19)21-16-6-7-16/h5,8-11,16,22H,6-7H2,1-4H3,(H,21,23). The van der Waals surface area contributed by atoms with Crippen molar-refractivity contribution in [3.63, 3.8) is 0 Å². The minimum atomic E-state index is 0.529. The summed E-state index contributed by atoms with van der Waals surface area (Å²) >= 11 is 1.66. The molecule has 1 aliphatic carbocycles. The lowest BCUT2D eigenvalue weighted by molar-refractivity contribution is 0.836. The van der Waals surface area contributed by atoms with Crippen LogP contribution in [0.15, 0.2) is 34.7 Å². The van der Waals surface area contributed by atoms with E-state index < -0.39 is 0 Å². The zero-order valence-corrected chi connectivity index (χ0v) is 16.0. The molecule has 1 aromatic carbocycles. The number of nitrogens with one attached hydrogen (secondary N) is 2. The van der Waals surface area contributed by atoms with E-state index in [1.54, 1.807) is 11.8 Å². The lowest BCUT2D eigenvalue weighted by atomic mass is 10.1. The highest BCUT2D eigenvalue weighted by molar-refractivity contribution is 8.16. The molecular weight excluding hydrogens is 328 g/mol. The Morgan fingerprint density at radius 3 is 2.48 bits per heavy atom. The van der Waals surface area contributed by atoms with Crippen LogP contribution in [0.1, 0.15) is 40.9 Å². The fourth-order valence-electron chi connectivity index (χ4n) is 3.15. The number of amidine groups is 1. The van der Waals surface area contributed by atoms with Crippen LogP contribution in [-0.4, -0.2) is 15.8 Å². The Bertz CT molecular complexity index is 887. The van der Waals surface area contributed by atoms with Gasteiger partial charge in [-0.2, -0.15) is 0 Å². The summed E-state index contributed by atoms with van der Waals surface area (Å²) in [5.74, 6) is 0. The quantitative estimate of drug-likeness (QED) is 0.862. The SMILES string of the molecule is Cc1ccc(-n2c(C)cc(C3=CSC(=NC4CC4)NN3)c2C)cc1C. The van der Waals surface area contributed by atoms with E-state index in [1.807, 2.05) is 0 Å². The number of thioether (sulfide) groups is 1. The van der Waals surface area contributed by atoms with Gasteiger partial charge in [-0.1, -0.05) is 17.8 Å². The van der Waals surface area contributed by atoms with Gasteiger partial charge in [-0.15, -0.1) is 0 Å². The van der Waals surface area contributed by atoms with Gasteiger partial charge in [0, 0.05) is 28.0 Å². The minimum absolute atomic E-state index is 0.529. The van der Waals surface area contributed by atoms with Gasteiger partial charge in [0.2, 0.25) is 0 Å². The molecule has 4 rings (SSSR count). The van der Waals surface area contributed by atoms with E-state index in [1.165, 1.54) is 46.6 Å². The van der Waals surface area contributed by atoms with Crippen molar-refractivity contribution in [2.75, 3.05) is 0 Å². The minimum Gasteiger partial charge on any atom is -0.318 e. The Morgan fingerprint density at radius 2 is 1.84 bits per heavy atom. The number of aliphatic imine (C=N–C) groups is 1. The molecule has 1 aromatic heterocycles. The summed E-state index contributed by atoms with van der Waals surface area (Å²) in [4.78, 5) is 4.64. The first kappa shape index (κ1) is 16.3. The van der Waals surface area contributed by atoms with Crippen molar-refractivity contribution in [1.29, 1.82) is 0 Å². The molecule has 4 nitrogen and oxygen atoms in total. The molecule has 1 fully saturated rings. The van der Waals surface area contributed by atoms with Crippen molar-refractivity contribution in [2.45, 2.75) is 46.6 Å². The average Bonchev–Trinajstić information content (AvgIpc) is 3.35. The van der Waals surface area contributed by atoms with Gasteiger partial charge in [0.05, 0.1) is 11.7 Å². The summed E-state index contributed by atoms with van der Waals surface area (Å²) in [6.07, 6.45) is 2.44. The topological polar surface area (TPSA) is 41.4 Å². The second-order valence-electron chi connectivity index (χ2n) is 6.95. The molecule has 0 amide bonds. The lowest BCUT2D eigenvalue weighted by Gasteiger charge is -2.19. The van der Waals surface area contributed by atoms with E-state index in [9.17, 15) is 0 Å². The van der Waals surface area contributed by atoms with Crippen molar-refractivity contribution >= 4 is 22.6 Å². The van der Waals surface area contributed by atoms with E-state index in [4.69, 9.17) is 0 Å². The van der Waals surface area contributed by atoms with Crippen LogP contribution in [0, 0.1) is 27.7 Å². The summed E-state index contributed by atoms with van der Waals surface area (Å²) in [6, 6.07) is 9.42. The lowest BCUT2D eigenvalue weighted by Crippen LogP contribution is -2.37. The van der Waals surface area contributed by atoms with Crippen molar-refractivity contribution in [2.24, 2.45) is 4.99 Å². The fraction of sp³-hybridized carbons (Fsp3) is 0.350. The van der Waals surface area contributed by atoms with E-state index in [2.05, 4.69) is 77.8 Å². The molecule has 0 bridgehead atoms. The smallest absolute Gasteiger partial charge is 0.180 e. The second-order valence-corrected chi connectivity index (χ2v) is 7.81. The van der Waals surface area contributed by atoms with E-state index in [-0.39, 0.29) is 0 Å². The van der Waals surface area contributed by atoms with Crippen molar-refractivity contribution in [3.8, 4) is 5.69 Å². The molecule has 0 unspecified atom stereocenters. The summed E-state index contributed by atoms with van der Waals surface area (Å²) in [6.45, 7) is 8.66. The Balaban J connectivity index is 1.66. The molecular formula is C20H24N4S. The number of hydrazine groups is 1. The van der Waals surface area contributed by atoms with Crippen LogP contribution >= 0.6 is 11.8 Å². The zero-order chi connectivity index (χ0) is 17.6. The highest BCUT2D eigenvalue weighted by Crippen LogP contribution is 2.30. The van der Waals surface area contributed by atoms with Gasteiger partial charge in [-0.05, 0) is 69.9 Å². The van der Waals surface area contributed by atoms with Crippen molar-refractivity contribution < 1.29 is 0 Å². The molecule has 130 valence electrons. The van der Waals surface area contributed by atoms with Gasteiger partial charge < -0.3 is 4.57 Å². The molecule has 1 saturated carbocycles. The third kappa shape index (κ3) is 3.21. The van der Waals surface area contributed by atoms with Crippen LogP contribution in [0.3, 0.4) is 0 Å². The predicted molar refractivity (Wildman–Crippen MR) is 107 cm³/mol. The second kappa shape index (κ2) is 6.30. The van der Waals surface area contributed by atoms with E-state index in [0.717, 1.165) is 10.9 Å². The third-order valence-corrected chi connectivity index (χ3v) is 5.69. The summed E-state index contributed by atoms with van der Waals surface area (Å²) < 4.78 is 2.32. The molecule has 2 aliphatic rings. The molecule has 2 N–H and O–H groups in total. The monoisotopic (exact) mass is 352 g/mol. The van der Waals surface area contributed by atoms with E-state index in [0.29, 0.717) is 6.04 Å². The van der Waals surface area contributed by atoms with Gasteiger partial charge in [0.25, 0.3) is 0 Å². The summed E-state index contributed by atoms with van der Waals surface area (Å²) in [7, 11) is 0. The van der Waals surface area contributed by atoms with Crippen LogP contribution in [0.4, 0.5) is 0 Å². The average molecular weight is 353 g/mol. The summed E-state index contributed by atoms with van der Waals surface area (Å²) in [5, 5.41) is 3.12. The zero-order valence-electron chi connectivity index (χ0n) is 15.2. The van der Waals surface area contributed by atoms with Crippen molar-refractivity contribution in [1.82, 2.24) is 15.4 Å². The normalized spacial score (nSPS) is 18.7. The number of hydrogen-bond acceptors (Lipinski definition) is 3. The van der Waals surface area contributed by atoms with Gasteiger partial charge in [0.15, 0.2) is 5.17 Å². The van der Waals surface area contributed by atoms with Crippen LogP contribution in [0.25, 0.3) is 11.4 Å². The van der Waals surface area contributed by atoms with Gasteiger partial charge in [-0.25, -0.2) is 0 Å². The maximum absolute atomic E-state index is 4.64. The Kier molecular flexibility index (Phi) is 4.12. The van der Waals surface area contributed by atoms with Gasteiger partial charge in [0.1, 0.15) is 0 Å². The number of aryl methyl sites for hydroxylation is 3. The highest BCUT2D eigenvalue weighted by atomic mass is 32.2. The van der Waals surface area contributed by atoms with Crippen LogP contribution in [0.2, 0.25) is 0 Å². The molecule has 0 radical (unpaired) electrons. The highest BCUT2D eigenvalue weighted by Gasteiger charge is 2.23. The Morgan fingerprint density at radius 1 is 1.04 bits per heavy atom. The molecule has 25 heavy (non-hydrogen) atoms. The Labute approximate surface area is 153 Å². The number of hydrogen-bond donors (Lipinski definition) is 2. The molecule has 0 atom stereocenters. The predicted octanol–water partition coefficient (Wildman–Crippen LogP) is 4.37. The first-order chi connectivity index (χ1) is 12.0. The summed E-state index contributed by atoms with van der Waals surface area (Å²) in [5.41, 5.74) is 15.2. The number of nitrogens with zero attached hydrogens (tertiary/aromatic N) is 2. The largest absolute Gasteiger partial charge is 0.318 e. The van der Waals surface area contributed by atoms with Crippen molar-refractivity contribution in [3.05, 3.63) is 57.8 Å². The van der Waals surface area contributed by atoms with Crippen LogP contribution in [0.5, 0.6) is 0 Å². The van der Waals surface area contributed by atoms with E-state index >= 15 is 0 Å². The fourth-order valence-corrected chi connectivity index (χ4v) is 3.89. The first-order valence-electron chi connectivity index (χ1n) is 8.76. The number of rotatable bonds is 3. The molecule has 0 saturated heterocycles. The Hall–Kier alpha value is -2.14. The van der Waals surface area contributed by atoms with Crippen LogP contribution in [-0.2, 0) is 0 Å². The van der Waals surface area contributed by atoms with Gasteiger partial charge in [-0.3, -0.25) is 15.8 Å². The molecule has 0 spiro atoms.